The Kier molecular flexibility index (Phi) is 2.01. The Bertz CT molecular complexity index is 239. The lowest BCUT2D eigenvalue weighted by molar-refractivity contribution is -0.485. The molecule has 0 atom stereocenters. The van der Waals surface area contributed by atoms with Crippen LogP contribution >= 0.6 is 0 Å². The Morgan fingerprint density at radius 2 is 2.08 bits per heavy atom. The van der Waals surface area contributed by atoms with Crippen LogP contribution in [0.1, 0.15) is 12.8 Å². The predicted octanol–water partition coefficient (Wildman–Crippen LogP) is -0.894. The first-order valence-corrected chi connectivity index (χ1v) is 4.20. The van der Waals surface area contributed by atoms with Gasteiger partial charge in [0.15, 0.2) is 5.03 Å². The number of hydrogen-bond donors (Lipinski definition) is 2. The Hall–Kier alpha value is -1.37. The van der Waals surface area contributed by atoms with Gasteiger partial charge in [0, 0.05) is 6.04 Å². The molecule has 2 rings (SSSR count). The summed E-state index contributed by atoms with van der Waals surface area (Å²) in [6.45, 7) is 1.29. The molecule has 0 aromatic rings. The smallest absolute Gasteiger partial charge is 0.270 e. The second-order valence-electron chi connectivity index (χ2n) is 3.18. The Labute approximate surface area is 74.9 Å². The molecule has 7 heteroatoms. The van der Waals surface area contributed by atoms with Gasteiger partial charge in [-0.1, -0.05) is 0 Å². The lowest BCUT2D eigenvalue weighted by Crippen LogP contribution is -2.55. The lowest BCUT2D eigenvalue weighted by Gasteiger charge is -2.28. The van der Waals surface area contributed by atoms with E-state index in [1.807, 2.05) is 0 Å². The predicted molar refractivity (Wildman–Crippen MR) is 45.3 cm³/mol. The van der Waals surface area contributed by atoms with Gasteiger partial charge < -0.3 is 10.6 Å². The van der Waals surface area contributed by atoms with Crippen molar-refractivity contribution in [1.29, 1.82) is 0 Å². The van der Waals surface area contributed by atoms with Gasteiger partial charge in [-0.2, -0.15) is 0 Å². The van der Waals surface area contributed by atoms with Gasteiger partial charge in [-0.15, -0.1) is 0 Å². The summed E-state index contributed by atoms with van der Waals surface area (Å²) in [5.41, 5.74) is 0. The van der Waals surface area contributed by atoms with E-state index < -0.39 is 5.03 Å². The molecule has 72 valence electrons. The summed E-state index contributed by atoms with van der Waals surface area (Å²) < 4.78 is 0. The van der Waals surface area contributed by atoms with E-state index in [1.165, 1.54) is 12.8 Å². The van der Waals surface area contributed by atoms with E-state index >= 15 is 0 Å². The fraction of sp³-hybridized carbons (Fsp3) is 0.833. The molecule has 0 bridgehead atoms. The second kappa shape index (κ2) is 3.17. The maximum absolute atomic E-state index is 10.0. The van der Waals surface area contributed by atoms with E-state index in [0.717, 1.165) is 0 Å². The molecule has 0 aromatic carbocycles. The van der Waals surface area contributed by atoms with E-state index in [1.54, 1.807) is 0 Å². The highest BCUT2D eigenvalue weighted by Crippen LogP contribution is 2.25. The van der Waals surface area contributed by atoms with Crippen LogP contribution in [0, 0.1) is 10.1 Å². The summed E-state index contributed by atoms with van der Waals surface area (Å²) >= 11 is 0. The van der Waals surface area contributed by atoms with Crippen LogP contribution in [0.3, 0.4) is 0 Å². The van der Waals surface area contributed by atoms with Crippen molar-refractivity contribution >= 4 is 5.96 Å². The quantitative estimate of drug-likeness (QED) is 0.430. The zero-order chi connectivity index (χ0) is 9.26. The molecule has 0 unspecified atom stereocenters. The number of guanidine groups is 1. The zero-order valence-electron chi connectivity index (χ0n) is 7.06. The second-order valence-corrected chi connectivity index (χ2v) is 3.18. The van der Waals surface area contributed by atoms with Crippen LogP contribution in [0.5, 0.6) is 0 Å². The van der Waals surface area contributed by atoms with Crippen LogP contribution in [0.4, 0.5) is 0 Å². The van der Waals surface area contributed by atoms with E-state index in [-0.39, 0.29) is 5.96 Å². The molecular weight excluding hydrogens is 174 g/mol. The largest absolute Gasteiger partial charge is 0.338 e. The Morgan fingerprint density at radius 1 is 1.46 bits per heavy atom. The molecule has 2 fully saturated rings. The molecule has 1 saturated carbocycles. The zero-order valence-corrected chi connectivity index (χ0v) is 7.06. The maximum atomic E-state index is 10.0. The standard InChI is InChI=1S/C6H11N5O2/c12-11(13)9-6-7-3-10(4-8-6)5-1-2-5/h5H,1-4H2,(H2,7,8,9). The highest BCUT2D eigenvalue weighted by Gasteiger charge is 2.30. The van der Waals surface area contributed by atoms with Crippen LogP contribution in [-0.4, -0.2) is 35.3 Å². The third-order valence-electron chi connectivity index (χ3n) is 2.14. The normalized spacial score (nSPS) is 23.2. The fourth-order valence-electron chi connectivity index (χ4n) is 1.32. The van der Waals surface area contributed by atoms with Gasteiger partial charge in [-0.25, -0.2) is 10.1 Å². The van der Waals surface area contributed by atoms with Gasteiger partial charge in [-0.05, 0) is 12.8 Å². The van der Waals surface area contributed by atoms with E-state index in [2.05, 4.69) is 20.6 Å². The first-order valence-electron chi connectivity index (χ1n) is 4.20. The molecule has 1 saturated heterocycles. The molecule has 2 aliphatic rings. The number of hydrazone groups is 1. The Balaban J connectivity index is 1.84. The summed E-state index contributed by atoms with van der Waals surface area (Å²) in [7, 11) is 0. The lowest BCUT2D eigenvalue weighted by atomic mass is 10.5. The molecule has 1 aliphatic heterocycles. The van der Waals surface area contributed by atoms with Gasteiger partial charge in [-0.3, -0.25) is 4.90 Å². The molecule has 0 aromatic heterocycles. The average Bonchev–Trinajstić information content (AvgIpc) is 2.87. The Morgan fingerprint density at radius 3 is 2.54 bits per heavy atom. The van der Waals surface area contributed by atoms with Crippen molar-refractivity contribution in [3.8, 4) is 0 Å². The van der Waals surface area contributed by atoms with Crippen LogP contribution < -0.4 is 10.6 Å². The van der Waals surface area contributed by atoms with Crippen molar-refractivity contribution in [1.82, 2.24) is 15.5 Å². The molecule has 7 nitrogen and oxygen atoms in total. The van der Waals surface area contributed by atoms with Gasteiger partial charge in [0.1, 0.15) is 5.10 Å². The SMILES string of the molecule is O=[N+]([O-])N=C1NCN(C2CC2)CN1. The molecule has 1 aliphatic carbocycles. The molecular formula is C6H11N5O2. The fourth-order valence-corrected chi connectivity index (χ4v) is 1.32. The summed E-state index contributed by atoms with van der Waals surface area (Å²) in [5, 5.41) is 18.1. The van der Waals surface area contributed by atoms with Gasteiger partial charge in [0.05, 0.1) is 13.3 Å². The topological polar surface area (TPSA) is 82.8 Å². The first kappa shape index (κ1) is 8.24. The summed E-state index contributed by atoms with van der Waals surface area (Å²) in [6.07, 6.45) is 2.45. The van der Waals surface area contributed by atoms with Crippen LogP contribution in [-0.2, 0) is 0 Å². The van der Waals surface area contributed by atoms with Gasteiger partial charge in [0.2, 0.25) is 0 Å². The molecule has 1 heterocycles. The van der Waals surface area contributed by atoms with Crippen molar-refractivity contribution < 1.29 is 5.03 Å². The summed E-state index contributed by atoms with van der Waals surface area (Å²) in [4.78, 5) is 12.2. The summed E-state index contributed by atoms with van der Waals surface area (Å²) in [6, 6.07) is 0.650. The van der Waals surface area contributed by atoms with Crippen LogP contribution in [0.25, 0.3) is 0 Å². The third-order valence-corrected chi connectivity index (χ3v) is 2.14. The molecule has 0 amide bonds. The van der Waals surface area contributed by atoms with E-state index in [4.69, 9.17) is 0 Å². The van der Waals surface area contributed by atoms with Gasteiger partial charge in [0.25, 0.3) is 5.96 Å². The first-order chi connectivity index (χ1) is 6.25. The molecule has 2 N–H and O–H groups in total. The number of hydrogen-bond acceptors (Lipinski definition) is 3. The monoisotopic (exact) mass is 185 g/mol. The number of nitro groups is 1. The summed E-state index contributed by atoms with van der Waals surface area (Å²) in [5.74, 6) is 0.252. The van der Waals surface area contributed by atoms with Crippen molar-refractivity contribution in [2.75, 3.05) is 13.3 Å². The van der Waals surface area contributed by atoms with Crippen molar-refractivity contribution in [2.45, 2.75) is 18.9 Å². The minimum atomic E-state index is -0.706. The van der Waals surface area contributed by atoms with Gasteiger partial charge >= 0.3 is 0 Å². The number of nitrogens with one attached hydrogen (secondary N) is 2. The van der Waals surface area contributed by atoms with Crippen LogP contribution in [0.2, 0.25) is 0 Å². The molecule has 13 heavy (non-hydrogen) atoms. The third kappa shape index (κ3) is 2.05. The van der Waals surface area contributed by atoms with Crippen molar-refractivity contribution in [3.63, 3.8) is 0 Å². The minimum absolute atomic E-state index is 0.252. The van der Waals surface area contributed by atoms with E-state index in [0.29, 0.717) is 19.4 Å². The maximum Gasteiger partial charge on any atom is 0.270 e. The van der Waals surface area contributed by atoms with Crippen molar-refractivity contribution in [3.05, 3.63) is 10.1 Å². The van der Waals surface area contributed by atoms with Crippen molar-refractivity contribution in [2.24, 2.45) is 5.10 Å². The van der Waals surface area contributed by atoms with Crippen LogP contribution in [0.15, 0.2) is 5.10 Å². The average molecular weight is 185 g/mol. The minimum Gasteiger partial charge on any atom is -0.338 e. The number of nitrogens with zero attached hydrogens (tertiary/aromatic N) is 3. The highest BCUT2D eigenvalue weighted by molar-refractivity contribution is 5.79. The highest BCUT2D eigenvalue weighted by atomic mass is 16.7. The molecule has 0 spiro atoms. The number of rotatable bonds is 2. The van der Waals surface area contributed by atoms with E-state index in [9.17, 15) is 10.1 Å². The molecule has 0 radical (unpaired) electrons.